The highest BCUT2D eigenvalue weighted by Gasteiger charge is 2.10. The first-order valence-corrected chi connectivity index (χ1v) is 9.14. The van der Waals surface area contributed by atoms with Crippen molar-refractivity contribution >= 4 is 23.1 Å². The molecule has 1 aromatic heterocycles. The molecule has 0 saturated heterocycles. The molecule has 1 heterocycles. The molecule has 5 nitrogen and oxygen atoms in total. The highest BCUT2D eigenvalue weighted by molar-refractivity contribution is 5.67. The fourth-order valence-electron chi connectivity index (χ4n) is 2.88. The average molecular weight is 362 g/mol. The van der Waals surface area contributed by atoms with Gasteiger partial charge in [0.15, 0.2) is 0 Å². The summed E-state index contributed by atoms with van der Waals surface area (Å²) in [4.78, 5) is 9.16. The maximum absolute atomic E-state index is 5.87. The summed E-state index contributed by atoms with van der Waals surface area (Å²) < 4.78 is 5.87. The van der Waals surface area contributed by atoms with Gasteiger partial charge in [-0.1, -0.05) is 30.3 Å². The monoisotopic (exact) mass is 362 g/mol. The molecule has 0 aliphatic rings. The van der Waals surface area contributed by atoms with Crippen LogP contribution in [0.15, 0.2) is 48.5 Å². The Hall–Kier alpha value is -3.08. The molecule has 0 atom stereocenters. The number of anilines is 4. The molecular weight excluding hydrogens is 336 g/mol. The van der Waals surface area contributed by atoms with Crippen molar-refractivity contribution in [2.45, 2.75) is 40.7 Å². The van der Waals surface area contributed by atoms with E-state index in [1.807, 2.05) is 51.1 Å². The highest BCUT2D eigenvalue weighted by Crippen LogP contribution is 2.28. The third kappa shape index (κ3) is 4.76. The largest absolute Gasteiger partial charge is 0.489 e. The Labute approximate surface area is 160 Å². The molecule has 0 radical (unpaired) electrons. The normalized spacial score (nSPS) is 10.7. The van der Waals surface area contributed by atoms with Crippen molar-refractivity contribution in [2.24, 2.45) is 0 Å². The summed E-state index contributed by atoms with van der Waals surface area (Å²) in [6.07, 6.45) is 0.0904. The Morgan fingerprint density at radius 2 is 1.56 bits per heavy atom. The molecule has 2 N–H and O–H groups in total. The lowest BCUT2D eigenvalue weighted by Gasteiger charge is -2.16. The number of hydrogen-bond donors (Lipinski definition) is 2. The van der Waals surface area contributed by atoms with Gasteiger partial charge in [-0.25, -0.2) is 4.98 Å². The van der Waals surface area contributed by atoms with Crippen LogP contribution in [-0.4, -0.2) is 16.1 Å². The number of aromatic nitrogens is 2. The molecule has 3 aromatic rings. The molecule has 3 rings (SSSR count). The molecular formula is C22H26N4O. The Morgan fingerprint density at radius 3 is 2.26 bits per heavy atom. The fourth-order valence-corrected chi connectivity index (χ4v) is 2.88. The summed E-state index contributed by atoms with van der Waals surface area (Å²) >= 11 is 0. The van der Waals surface area contributed by atoms with E-state index < -0.39 is 0 Å². The number of ether oxygens (including phenoxy) is 1. The molecule has 0 unspecified atom stereocenters. The Kier molecular flexibility index (Phi) is 5.60. The second-order valence-corrected chi connectivity index (χ2v) is 6.90. The molecule has 0 fully saturated rings. The molecule has 0 bridgehead atoms. The molecule has 27 heavy (non-hydrogen) atoms. The lowest BCUT2D eigenvalue weighted by molar-refractivity contribution is 0.244. The van der Waals surface area contributed by atoms with Gasteiger partial charge < -0.3 is 15.4 Å². The van der Waals surface area contributed by atoms with Gasteiger partial charge in [0.1, 0.15) is 11.6 Å². The molecule has 0 aliphatic carbocycles. The van der Waals surface area contributed by atoms with Crippen molar-refractivity contribution in [3.8, 4) is 5.75 Å². The molecule has 140 valence electrons. The predicted octanol–water partition coefficient (Wildman–Crippen LogP) is 5.68. The SMILES string of the molecule is Cc1cc(Nc2c(C)cccc2C)nc(Nc2ccccc2OC(C)C)n1. The number of rotatable bonds is 6. The second-order valence-electron chi connectivity index (χ2n) is 6.90. The van der Waals surface area contributed by atoms with Crippen LogP contribution in [0.3, 0.4) is 0 Å². The number of hydrogen-bond acceptors (Lipinski definition) is 5. The topological polar surface area (TPSA) is 59.1 Å². The first kappa shape index (κ1) is 18.7. The van der Waals surface area contributed by atoms with E-state index in [9.17, 15) is 0 Å². The van der Waals surface area contributed by atoms with Crippen LogP contribution < -0.4 is 15.4 Å². The summed E-state index contributed by atoms with van der Waals surface area (Å²) in [6, 6.07) is 16.0. The Morgan fingerprint density at radius 1 is 0.852 bits per heavy atom. The van der Waals surface area contributed by atoms with Crippen LogP contribution in [0.1, 0.15) is 30.7 Å². The van der Waals surface area contributed by atoms with Crippen LogP contribution in [0, 0.1) is 20.8 Å². The van der Waals surface area contributed by atoms with Crippen molar-refractivity contribution < 1.29 is 4.74 Å². The molecule has 0 saturated carbocycles. The summed E-state index contributed by atoms with van der Waals surface area (Å²) in [5, 5.41) is 6.72. The fraction of sp³-hybridized carbons (Fsp3) is 0.273. The van der Waals surface area contributed by atoms with Crippen molar-refractivity contribution in [2.75, 3.05) is 10.6 Å². The van der Waals surface area contributed by atoms with Crippen molar-refractivity contribution in [3.05, 3.63) is 65.4 Å². The van der Waals surface area contributed by atoms with E-state index in [0.29, 0.717) is 5.95 Å². The Balaban J connectivity index is 1.89. The van der Waals surface area contributed by atoms with Crippen LogP contribution in [-0.2, 0) is 0 Å². The zero-order valence-electron chi connectivity index (χ0n) is 16.5. The van der Waals surface area contributed by atoms with Crippen molar-refractivity contribution in [1.29, 1.82) is 0 Å². The minimum absolute atomic E-state index is 0.0904. The van der Waals surface area contributed by atoms with E-state index >= 15 is 0 Å². The third-order valence-electron chi connectivity index (χ3n) is 4.08. The van der Waals surface area contributed by atoms with E-state index in [1.54, 1.807) is 0 Å². The Bertz CT molecular complexity index is 917. The number of para-hydroxylation sites is 3. The zero-order chi connectivity index (χ0) is 19.4. The maximum atomic E-state index is 5.87. The van der Waals surface area contributed by atoms with E-state index in [1.165, 1.54) is 11.1 Å². The quantitative estimate of drug-likeness (QED) is 0.591. The number of nitrogens with zero attached hydrogens (tertiary/aromatic N) is 2. The van der Waals surface area contributed by atoms with Crippen molar-refractivity contribution in [3.63, 3.8) is 0 Å². The molecule has 2 aromatic carbocycles. The standard InChI is InChI=1S/C22H26N4O/c1-14(2)27-19-12-7-6-11-18(19)24-22-23-17(5)13-20(26-22)25-21-15(3)9-8-10-16(21)4/h6-14H,1-5H3,(H2,23,24,25,26). The zero-order valence-corrected chi connectivity index (χ0v) is 16.5. The predicted molar refractivity (Wildman–Crippen MR) is 111 cm³/mol. The van der Waals surface area contributed by atoms with Crippen LogP contribution in [0.25, 0.3) is 0 Å². The highest BCUT2D eigenvalue weighted by atomic mass is 16.5. The lowest BCUT2D eigenvalue weighted by atomic mass is 10.1. The lowest BCUT2D eigenvalue weighted by Crippen LogP contribution is -2.08. The molecule has 0 amide bonds. The number of aryl methyl sites for hydroxylation is 3. The minimum Gasteiger partial charge on any atom is -0.489 e. The number of benzene rings is 2. The van der Waals surface area contributed by atoms with E-state index in [-0.39, 0.29) is 6.10 Å². The van der Waals surface area contributed by atoms with Crippen LogP contribution in [0.4, 0.5) is 23.1 Å². The second kappa shape index (κ2) is 8.08. The van der Waals surface area contributed by atoms with Gasteiger partial charge in [-0.3, -0.25) is 0 Å². The van der Waals surface area contributed by atoms with Gasteiger partial charge in [0, 0.05) is 17.4 Å². The van der Waals surface area contributed by atoms with Gasteiger partial charge in [-0.05, 0) is 57.9 Å². The van der Waals surface area contributed by atoms with Crippen molar-refractivity contribution in [1.82, 2.24) is 9.97 Å². The summed E-state index contributed by atoms with van der Waals surface area (Å²) in [5.41, 5.74) is 5.15. The summed E-state index contributed by atoms with van der Waals surface area (Å²) in [6.45, 7) is 10.1. The van der Waals surface area contributed by atoms with Gasteiger partial charge in [0.2, 0.25) is 5.95 Å². The maximum Gasteiger partial charge on any atom is 0.229 e. The summed E-state index contributed by atoms with van der Waals surface area (Å²) in [7, 11) is 0. The van der Waals surface area contributed by atoms with Gasteiger partial charge >= 0.3 is 0 Å². The molecule has 5 heteroatoms. The first-order valence-electron chi connectivity index (χ1n) is 9.14. The van der Waals surface area contributed by atoms with Crippen LogP contribution in [0.5, 0.6) is 5.75 Å². The van der Waals surface area contributed by atoms with Crippen LogP contribution in [0.2, 0.25) is 0 Å². The third-order valence-corrected chi connectivity index (χ3v) is 4.08. The smallest absolute Gasteiger partial charge is 0.229 e. The first-order chi connectivity index (χ1) is 12.9. The summed E-state index contributed by atoms with van der Waals surface area (Å²) in [5.74, 6) is 2.06. The molecule has 0 spiro atoms. The van der Waals surface area contributed by atoms with Gasteiger partial charge in [-0.15, -0.1) is 0 Å². The van der Waals surface area contributed by atoms with Gasteiger partial charge in [0.25, 0.3) is 0 Å². The van der Waals surface area contributed by atoms with Crippen LogP contribution >= 0.6 is 0 Å². The minimum atomic E-state index is 0.0904. The molecule has 0 aliphatic heterocycles. The van der Waals surface area contributed by atoms with E-state index in [4.69, 9.17) is 4.74 Å². The average Bonchev–Trinajstić information content (AvgIpc) is 2.59. The number of nitrogens with one attached hydrogen (secondary N) is 2. The van der Waals surface area contributed by atoms with Gasteiger partial charge in [-0.2, -0.15) is 4.98 Å². The van der Waals surface area contributed by atoms with E-state index in [0.717, 1.165) is 28.6 Å². The van der Waals surface area contributed by atoms with E-state index in [2.05, 4.69) is 52.6 Å². The van der Waals surface area contributed by atoms with Gasteiger partial charge in [0.05, 0.1) is 11.8 Å².